The molecule has 2 N–H and O–H groups in total. The first-order valence-corrected chi connectivity index (χ1v) is 3.87. The highest BCUT2D eigenvalue weighted by Crippen LogP contribution is 2.28. The molecule has 0 aromatic carbocycles. The van der Waals surface area contributed by atoms with Gasteiger partial charge in [-0.25, -0.2) is 0 Å². The average molecular weight is 173 g/mol. The van der Waals surface area contributed by atoms with Gasteiger partial charge in [0.25, 0.3) is 0 Å². The minimum absolute atomic E-state index is 0.106. The Morgan fingerprint density at radius 3 is 3.08 bits per heavy atom. The molecular formula is C7H11NO4. The number of hydrogen-bond donors (Lipinski definition) is 2. The lowest BCUT2D eigenvalue weighted by Crippen LogP contribution is -2.71. The van der Waals surface area contributed by atoms with Gasteiger partial charge in [0.05, 0.1) is 18.8 Å². The number of nitrogens with one attached hydrogen (secondary N) is 1. The van der Waals surface area contributed by atoms with Gasteiger partial charge in [-0.3, -0.25) is 4.79 Å². The summed E-state index contributed by atoms with van der Waals surface area (Å²) in [7, 11) is 1.49. The van der Waals surface area contributed by atoms with Gasteiger partial charge < -0.3 is 19.9 Å². The van der Waals surface area contributed by atoms with Crippen molar-refractivity contribution in [3.63, 3.8) is 0 Å². The number of carbonyl (C=O) groups is 1. The molecule has 0 aliphatic carbocycles. The zero-order valence-corrected chi connectivity index (χ0v) is 6.69. The second kappa shape index (κ2) is 2.69. The Labute approximate surface area is 69.6 Å². The van der Waals surface area contributed by atoms with E-state index in [0.717, 1.165) is 0 Å². The summed E-state index contributed by atoms with van der Waals surface area (Å²) in [5, 5.41) is 11.9. The SMILES string of the molecule is CO[C@@H]1OC[C@H](O)[C@H]2NC(=O)[C@@H]12. The summed E-state index contributed by atoms with van der Waals surface area (Å²) in [6.07, 6.45) is -1.09. The number of fused-ring (bicyclic) bond motifs is 1. The molecule has 2 aliphatic heterocycles. The molecule has 0 aromatic rings. The molecule has 0 saturated carbocycles. The molecule has 5 nitrogen and oxygen atoms in total. The van der Waals surface area contributed by atoms with Crippen LogP contribution in [0.5, 0.6) is 0 Å². The maximum Gasteiger partial charge on any atom is 0.230 e. The molecule has 68 valence electrons. The van der Waals surface area contributed by atoms with Gasteiger partial charge in [0, 0.05) is 7.11 Å². The van der Waals surface area contributed by atoms with Gasteiger partial charge >= 0.3 is 0 Å². The first kappa shape index (κ1) is 7.97. The Balaban J connectivity index is 2.08. The number of carbonyl (C=O) groups excluding carboxylic acids is 1. The number of ether oxygens (including phenoxy) is 2. The van der Waals surface area contributed by atoms with E-state index in [0.29, 0.717) is 0 Å². The Morgan fingerprint density at radius 2 is 2.50 bits per heavy atom. The molecule has 0 bridgehead atoms. The number of β-lactam (4-membered cyclic amide) rings is 1. The van der Waals surface area contributed by atoms with E-state index in [1.165, 1.54) is 7.11 Å². The van der Waals surface area contributed by atoms with Gasteiger partial charge in [0.15, 0.2) is 6.29 Å². The van der Waals surface area contributed by atoms with Crippen molar-refractivity contribution in [3.8, 4) is 0 Å². The summed E-state index contributed by atoms with van der Waals surface area (Å²) in [5.41, 5.74) is 0. The number of rotatable bonds is 1. The van der Waals surface area contributed by atoms with Crippen LogP contribution in [0.4, 0.5) is 0 Å². The monoisotopic (exact) mass is 173 g/mol. The van der Waals surface area contributed by atoms with E-state index >= 15 is 0 Å². The van der Waals surface area contributed by atoms with Crippen LogP contribution in [0.25, 0.3) is 0 Å². The summed E-state index contributed by atoms with van der Waals surface area (Å²) in [4.78, 5) is 11.0. The minimum Gasteiger partial charge on any atom is -0.389 e. The van der Waals surface area contributed by atoms with Crippen molar-refractivity contribution in [2.75, 3.05) is 13.7 Å². The van der Waals surface area contributed by atoms with E-state index in [4.69, 9.17) is 9.47 Å². The molecule has 4 atom stereocenters. The highest BCUT2D eigenvalue weighted by molar-refractivity contribution is 5.86. The summed E-state index contributed by atoms with van der Waals surface area (Å²) < 4.78 is 10.1. The predicted octanol–water partition coefficient (Wildman–Crippen LogP) is -1.54. The van der Waals surface area contributed by atoms with Crippen LogP contribution in [-0.2, 0) is 14.3 Å². The third kappa shape index (κ3) is 0.939. The van der Waals surface area contributed by atoms with E-state index in [2.05, 4.69) is 5.32 Å². The number of amides is 1. The summed E-state index contributed by atoms with van der Waals surface area (Å²) in [6, 6.07) is -0.184. The average Bonchev–Trinajstić information content (AvgIpc) is 2.06. The first-order chi connectivity index (χ1) is 5.74. The standard InChI is InChI=1S/C7H11NO4/c1-11-7-4-5(8-6(4)10)3(9)2-12-7/h3-5,7,9H,2H2,1H3,(H,8,10)/t3-,4-,5+,7+/m0/s1. The summed E-state index contributed by atoms with van der Waals surface area (Å²) >= 11 is 0. The predicted molar refractivity (Wildman–Crippen MR) is 38.2 cm³/mol. The van der Waals surface area contributed by atoms with Crippen LogP contribution < -0.4 is 5.32 Å². The molecular weight excluding hydrogens is 162 g/mol. The smallest absolute Gasteiger partial charge is 0.230 e. The molecule has 2 saturated heterocycles. The number of hydrogen-bond acceptors (Lipinski definition) is 4. The highest BCUT2D eigenvalue weighted by Gasteiger charge is 2.52. The van der Waals surface area contributed by atoms with E-state index in [-0.39, 0.29) is 24.5 Å². The largest absolute Gasteiger partial charge is 0.389 e. The lowest BCUT2D eigenvalue weighted by Gasteiger charge is -2.46. The molecule has 2 fully saturated rings. The first-order valence-electron chi connectivity index (χ1n) is 3.87. The Morgan fingerprint density at radius 1 is 1.75 bits per heavy atom. The molecule has 0 radical (unpaired) electrons. The van der Waals surface area contributed by atoms with Crippen molar-refractivity contribution in [1.82, 2.24) is 5.32 Å². The number of aliphatic hydroxyl groups is 1. The molecule has 0 unspecified atom stereocenters. The molecule has 1 amide bonds. The van der Waals surface area contributed by atoms with Crippen molar-refractivity contribution in [2.24, 2.45) is 5.92 Å². The second-order valence-corrected chi connectivity index (χ2v) is 3.06. The third-order valence-corrected chi connectivity index (χ3v) is 2.37. The van der Waals surface area contributed by atoms with Crippen molar-refractivity contribution in [2.45, 2.75) is 18.4 Å². The van der Waals surface area contributed by atoms with Crippen LogP contribution in [0.15, 0.2) is 0 Å². The molecule has 2 rings (SSSR count). The molecule has 2 aliphatic rings. The van der Waals surface area contributed by atoms with Crippen LogP contribution >= 0.6 is 0 Å². The van der Waals surface area contributed by atoms with E-state index in [1.807, 2.05) is 0 Å². The number of aliphatic hydroxyl groups excluding tert-OH is 1. The van der Waals surface area contributed by atoms with Gasteiger partial charge in [-0.2, -0.15) is 0 Å². The fourth-order valence-corrected chi connectivity index (χ4v) is 1.66. The minimum atomic E-state index is -0.598. The highest BCUT2D eigenvalue weighted by atomic mass is 16.7. The van der Waals surface area contributed by atoms with Gasteiger partial charge in [-0.1, -0.05) is 0 Å². The fourth-order valence-electron chi connectivity index (χ4n) is 1.66. The molecule has 5 heteroatoms. The van der Waals surface area contributed by atoms with Gasteiger partial charge in [0.2, 0.25) is 5.91 Å². The van der Waals surface area contributed by atoms with Crippen molar-refractivity contribution >= 4 is 5.91 Å². The Bertz CT molecular complexity index is 206. The van der Waals surface area contributed by atoms with Crippen molar-refractivity contribution in [3.05, 3.63) is 0 Å². The third-order valence-electron chi connectivity index (χ3n) is 2.37. The van der Waals surface area contributed by atoms with Crippen LogP contribution in [0.2, 0.25) is 0 Å². The molecule has 12 heavy (non-hydrogen) atoms. The number of methoxy groups -OCH3 is 1. The Kier molecular flexibility index (Phi) is 1.79. The molecule has 0 spiro atoms. The lowest BCUT2D eigenvalue weighted by atomic mass is 9.84. The van der Waals surface area contributed by atoms with Crippen LogP contribution in [0, 0.1) is 5.92 Å². The second-order valence-electron chi connectivity index (χ2n) is 3.06. The zero-order valence-electron chi connectivity index (χ0n) is 6.69. The van der Waals surface area contributed by atoms with E-state index in [1.54, 1.807) is 0 Å². The zero-order chi connectivity index (χ0) is 8.72. The van der Waals surface area contributed by atoms with Crippen LogP contribution in [0.3, 0.4) is 0 Å². The summed E-state index contributed by atoms with van der Waals surface area (Å²) in [5.74, 6) is -0.440. The van der Waals surface area contributed by atoms with Crippen molar-refractivity contribution < 1.29 is 19.4 Å². The fraction of sp³-hybridized carbons (Fsp3) is 0.857. The Hall–Kier alpha value is -0.650. The van der Waals surface area contributed by atoms with Gasteiger partial charge in [-0.15, -0.1) is 0 Å². The van der Waals surface area contributed by atoms with Crippen LogP contribution in [0.1, 0.15) is 0 Å². The lowest BCUT2D eigenvalue weighted by molar-refractivity contribution is -0.231. The maximum atomic E-state index is 11.0. The molecule has 0 aromatic heterocycles. The van der Waals surface area contributed by atoms with E-state index < -0.39 is 12.4 Å². The summed E-state index contributed by atoms with van der Waals surface area (Å²) in [6.45, 7) is 0.222. The van der Waals surface area contributed by atoms with Crippen LogP contribution in [-0.4, -0.2) is 43.2 Å². The van der Waals surface area contributed by atoms with Gasteiger partial charge in [-0.05, 0) is 0 Å². The van der Waals surface area contributed by atoms with Crippen molar-refractivity contribution in [1.29, 1.82) is 0 Å². The topological polar surface area (TPSA) is 67.8 Å². The quantitative estimate of drug-likeness (QED) is 0.472. The maximum absolute atomic E-state index is 11.0. The normalized spacial score (nSPS) is 46.0. The molecule has 2 heterocycles. The van der Waals surface area contributed by atoms with E-state index in [9.17, 15) is 9.90 Å². The van der Waals surface area contributed by atoms with Gasteiger partial charge in [0.1, 0.15) is 5.92 Å².